The lowest BCUT2D eigenvalue weighted by atomic mass is 9.80. The van der Waals surface area contributed by atoms with Crippen LogP contribution in [0.25, 0.3) is 0 Å². The van der Waals surface area contributed by atoms with Gasteiger partial charge in [-0.1, -0.05) is 36.4 Å². The molecule has 1 aliphatic carbocycles. The molecule has 7 nitrogen and oxygen atoms in total. The van der Waals surface area contributed by atoms with Gasteiger partial charge >= 0.3 is 6.09 Å². The van der Waals surface area contributed by atoms with E-state index in [4.69, 9.17) is 9.47 Å². The number of hydrogen-bond acceptors (Lipinski definition) is 5. The van der Waals surface area contributed by atoms with Gasteiger partial charge in [0.05, 0.1) is 12.6 Å². The van der Waals surface area contributed by atoms with Crippen LogP contribution in [-0.4, -0.2) is 65.0 Å². The Kier molecular flexibility index (Phi) is 5.33. The molecule has 0 N–H and O–H groups in total. The number of carbonyl (C=O) groups excluding carboxylic acids is 3. The lowest BCUT2D eigenvalue weighted by Gasteiger charge is -2.41. The summed E-state index contributed by atoms with van der Waals surface area (Å²) in [7, 11) is 0. The summed E-state index contributed by atoms with van der Waals surface area (Å²) in [4.78, 5) is 42.0. The topological polar surface area (TPSA) is 76.2 Å². The van der Waals surface area contributed by atoms with Crippen molar-refractivity contribution in [1.82, 2.24) is 9.80 Å². The normalized spacial score (nSPS) is 23.4. The van der Waals surface area contributed by atoms with Gasteiger partial charge in [-0.05, 0) is 49.9 Å². The van der Waals surface area contributed by atoms with Crippen LogP contribution in [-0.2, 0) is 9.53 Å². The summed E-state index contributed by atoms with van der Waals surface area (Å²) >= 11 is 0. The maximum Gasteiger partial charge on any atom is 0.411 e. The summed E-state index contributed by atoms with van der Waals surface area (Å²) in [5.74, 6) is 0.447. The number of Topliss-reactive ketones (excluding diaryl/α,β-unsaturated/α-hetero) is 1. The van der Waals surface area contributed by atoms with Crippen LogP contribution in [0, 0.1) is 0 Å². The van der Waals surface area contributed by atoms with E-state index in [1.54, 1.807) is 29.2 Å². The highest BCUT2D eigenvalue weighted by atomic mass is 16.6. The average Bonchev–Trinajstić information content (AvgIpc) is 3.38. The maximum atomic E-state index is 13.1. The minimum Gasteiger partial charge on any atom is -0.489 e. The van der Waals surface area contributed by atoms with E-state index in [1.165, 1.54) is 4.90 Å². The highest BCUT2D eigenvalue weighted by Crippen LogP contribution is 2.38. The van der Waals surface area contributed by atoms with E-state index >= 15 is 0 Å². The molecule has 2 aromatic carbocycles. The standard InChI is InChI=1S/C25H26N2O5/c28-21-16-27(23(29)18-8-3-1-4-9-18)20-12-15-26(22(20)21)24(30)32-25(13-7-14-25)17-31-19-10-5-2-6-11-19/h1-6,8-11,20,22H,7,12-17H2/t20-,22+/m1/s1. The first kappa shape index (κ1) is 20.5. The molecular formula is C25H26N2O5. The first-order chi connectivity index (χ1) is 15.6. The third kappa shape index (κ3) is 3.72. The van der Waals surface area contributed by atoms with Crippen molar-refractivity contribution >= 4 is 17.8 Å². The molecule has 0 bridgehead atoms. The molecule has 3 fully saturated rings. The van der Waals surface area contributed by atoms with E-state index in [0.29, 0.717) is 18.5 Å². The van der Waals surface area contributed by atoms with Crippen molar-refractivity contribution in [1.29, 1.82) is 0 Å². The van der Waals surface area contributed by atoms with E-state index in [9.17, 15) is 14.4 Å². The SMILES string of the molecule is O=C1CN(C(=O)c2ccccc2)[C@@H]2CCN(C(=O)OC3(COc4ccccc4)CCC3)[C@H]12. The number of para-hydroxylation sites is 1. The number of rotatable bonds is 5. The predicted octanol–water partition coefficient (Wildman–Crippen LogP) is 3.29. The Balaban J connectivity index is 1.25. The quantitative estimate of drug-likeness (QED) is 0.722. The lowest BCUT2D eigenvalue weighted by Crippen LogP contribution is -2.52. The second-order valence-electron chi connectivity index (χ2n) is 8.77. The van der Waals surface area contributed by atoms with Crippen molar-refractivity contribution in [3.05, 3.63) is 66.2 Å². The maximum absolute atomic E-state index is 13.1. The van der Waals surface area contributed by atoms with Crippen molar-refractivity contribution in [2.75, 3.05) is 19.7 Å². The zero-order valence-electron chi connectivity index (χ0n) is 17.8. The molecule has 2 aromatic rings. The summed E-state index contributed by atoms with van der Waals surface area (Å²) in [6.45, 7) is 0.709. The Morgan fingerprint density at radius 3 is 2.31 bits per heavy atom. The van der Waals surface area contributed by atoms with E-state index in [0.717, 1.165) is 25.0 Å². The molecular weight excluding hydrogens is 408 g/mol. The predicted molar refractivity (Wildman–Crippen MR) is 116 cm³/mol. The van der Waals surface area contributed by atoms with Gasteiger partial charge in [-0.2, -0.15) is 0 Å². The molecule has 0 unspecified atom stereocenters. The third-order valence-corrected chi connectivity index (χ3v) is 6.75. The van der Waals surface area contributed by atoms with Gasteiger partial charge in [-0.15, -0.1) is 0 Å². The van der Waals surface area contributed by atoms with Gasteiger partial charge in [0.1, 0.15) is 24.0 Å². The average molecular weight is 434 g/mol. The minimum absolute atomic E-state index is 0.0229. The Morgan fingerprint density at radius 1 is 0.969 bits per heavy atom. The van der Waals surface area contributed by atoms with Gasteiger partial charge in [0, 0.05) is 12.1 Å². The number of likely N-dealkylation sites (tertiary alicyclic amines) is 2. The van der Waals surface area contributed by atoms with Crippen LogP contribution in [0.4, 0.5) is 4.79 Å². The van der Waals surface area contributed by atoms with E-state index in [1.807, 2.05) is 36.4 Å². The molecule has 0 radical (unpaired) electrons. The van der Waals surface area contributed by atoms with Crippen LogP contribution < -0.4 is 4.74 Å². The molecule has 32 heavy (non-hydrogen) atoms. The second-order valence-corrected chi connectivity index (χ2v) is 8.77. The lowest BCUT2D eigenvalue weighted by molar-refractivity contribution is -0.122. The van der Waals surface area contributed by atoms with Crippen molar-refractivity contribution < 1.29 is 23.9 Å². The van der Waals surface area contributed by atoms with Crippen LogP contribution in [0.2, 0.25) is 0 Å². The van der Waals surface area contributed by atoms with Crippen LogP contribution in [0.1, 0.15) is 36.0 Å². The van der Waals surface area contributed by atoms with Gasteiger partial charge in [-0.3, -0.25) is 14.5 Å². The molecule has 2 heterocycles. The number of benzene rings is 2. The number of carbonyl (C=O) groups is 3. The summed E-state index contributed by atoms with van der Waals surface area (Å²) in [6.07, 6.45) is 2.52. The molecule has 7 heteroatoms. The molecule has 2 aliphatic heterocycles. The Labute approximate surface area is 186 Å². The van der Waals surface area contributed by atoms with Crippen molar-refractivity contribution in [2.24, 2.45) is 0 Å². The number of ketones is 1. The first-order valence-electron chi connectivity index (χ1n) is 11.1. The van der Waals surface area contributed by atoms with Gasteiger partial charge in [0.15, 0.2) is 5.78 Å². The number of amides is 2. The fraction of sp³-hybridized carbons (Fsp3) is 0.400. The smallest absolute Gasteiger partial charge is 0.411 e. The van der Waals surface area contributed by atoms with Gasteiger partial charge in [-0.25, -0.2) is 4.79 Å². The van der Waals surface area contributed by atoms with E-state index < -0.39 is 17.7 Å². The Morgan fingerprint density at radius 2 is 1.66 bits per heavy atom. The fourth-order valence-electron chi connectivity index (χ4n) is 4.87. The first-order valence-corrected chi connectivity index (χ1v) is 11.1. The molecule has 3 aliphatic rings. The van der Waals surface area contributed by atoms with Crippen molar-refractivity contribution in [3.63, 3.8) is 0 Å². The number of hydrogen-bond donors (Lipinski definition) is 0. The van der Waals surface area contributed by atoms with Crippen LogP contribution in [0.3, 0.4) is 0 Å². The minimum atomic E-state index is -0.661. The van der Waals surface area contributed by atoms with Crippen LogP contribution >= 0.6 is 0 Å². The molecule has 5 rings (SSSR count). The van der Waals surface area contributed by atoms with Gasteiger partial charge in [0.25, 0.3) is 5.91 Å². The molecule has 0 spiro atoms. The monoisotopic (exact) mass is 434 g/mol. The molecule has 2 amide bonds. The molecule has 1 saturated carbocycles. The fourth-order valence-corrected chi connectivity index (χ4v) is 4.87. The third-order valence-electron chi connectivity index (χ3n) is 6.75. The zero-order valence-corrected chi connectivity index (χ0v) is 17.8. The summed E-state index contributed by atoms with van der Waals surface area (Å²) in [6, 6.07) is 17.4. The second kappa shape index (κ2) is 8.30. The largest absolute Gasteiger partial charge is 0.489 e. The van der Waals surface area contributed by atoms with Gasteiger partial charge in [0.2, 0.25) is 0 Å². The molecule has 0 aromatic heterocycles. The summed E-state index contributed by atoms with van der Waals surface area (Å²) in [5, 5.41) is 0. The summed E-state index contributed by atoms with van der Waals surface area (Å²) < 4.78 is 11.8. The van der Waals surface area contributed by atoms with Crippen LogP contribution in [0.5, 0.6) is 5.75 Å². The number of nitrogens with zero attached hydrogens (tertiary/aromatic N) is 2. The molecule has 166 valence electrons. The zero-order chi connectivity index (χ0) is 22.1. The number of fused-ring (bicyclic) bond motifs is 1. The highest BCUT2D eigenvalue weighted by Gasteiger charge is 2.53. The molecule has 2 atom stereocenters. The molecule has 2 saturated heterocycles. The van der Waals surface area contributed by atoms with Gasteiger partial charge < -0.3 is 14.4 Å². The Bertz CT molecular complexity index is 1010. The van der Waals surface area contributed by atoms with Crippen LogP contribution in [0.15, 0.2) is 60.7 Å². The van der Waals surface area contributed by atoms with Crippen molar-refractivity contribution in [3.8, 4) is 5.75 Å². The summed E-state index contributed by atoms with van der Waals surface area (Å²) in [5.41, 5.74) is -0.111. The highest BCUT2D eigenvalue weighted by molar-refractivity contribution is 6.02. The van der Waals surface area contributed by atoms with E-state index in [-0.39, 0.29) is 30.9 Å². The van der Waals surface area contributed by atoms with E-state index in [2.05, 4.69) is 0 Å². The van der Waals surface area contributed by atoms with Crippen molar-refractivity contribution in [2.45, 2.75) is 43.4 Å². The Hall–Kier alpha value is -3.35. The number of ether oxygens (including phenoxy) is 2.